The van der Waals surface area contributed by atoms with Crippen molar-refractivity contribution in [3.05, 3.63) is 66.1 Å². The van der Waals surface area contributed by atoms with Crippen LogP contribution in [0.15, 0.2) is 64.8 Å². The first-order valence-electron chi connectivity index (χ1n) is 9.13. The number of alkyl halides is 3. The molecule has 6 nitrogen and oxygen atoms in total. The van der Waals surface area contributed by atoms with Gasteiger partial charge in [-0.05, 0) is 36.8 Å². The van der Waals surface area contributed by atoms with E-state index in [-0.39, 0.29) is 23.5 Å². The van der Waals surface area contributed by atoms with Crippen molar-refractivity contribution in [2.45, 2.75) is 25.1 Å². The molecular formula is C21H16F3N5O. The van der Waals surface area contributed by atoms with Gasteiger partial charge in [-0.3, -0.25) is 19.8 Å². The molecule has 0 bridgehead atoms. The van der Waals surface area contributed by atoms with Gasteiger partial charge >= 0.3 is 6.18 Å². The van der Waals surface area contributed by atoms with Gasteiger partial charge in [-0.1, -0.05) is 18.2 Å². The normalized spacial score (nSPS) is 18.9. The van der Waals surface area contributed by atoms with Gasteiger partial charge in [-0.2, -0.15) is 13.2 Å². The molecule has 0 aliphatic carbocycles. The largest absolute Gasteiger partial charge is 0.433 e. The van der Waals surface area contributed by atoms with Crippen LogP contribution in [0.1, 0.15) is 24.1 Å². The lowest BCUT2D eigenvalue weighted by Crippen LogP contribution is -2.29. The van der Waals surface area contributed by atoms with Crippen LogP contribution in [0.2, 0.25) is 0 Å². The van der Waals surface area contributed by atoms with E-state index in [4.69, 9.17) is 0 Å². The van der Waals surface area contributed by atoms with E-state index in [1.54, 1.807) is 12.4 Å². The van der Waals surface area contributed by atoms with Crippen LogP contribution in [0, 0.1) is 0 Å². The number of fused-ring (bicyclic) bond motifs is 1. The van der Waals surface area contributed by atoms with Gasteiger partial charge in [0.2, 0.25) is 5.84 Å². The van der Waals surface area contributed by atoms with Crippen LogP contribution in [0.25, 0.3) is 10.9 Å². The third kappa shape index (κ3) is 3.91. The third-order valence-corrected chi connectivity index (χ3v) is 4.75. The maximum Gasteiger partial charge on any atom is 0.433 e. The second kappa shape index (κ2) is 7.66. The fourth-order valence-corrected chi connectivity index (χ4v) is 3.31. The minimum atomic E-state index is -4.60. The fraction of sp³-hybridized carbons (Fsp3) is 0.190. The highest BCUT2D eigenvalue weighted by Gasteiger charge is 2.33. The van der Waals surface area contributed by atoms with Gasteiger partial charge in [0.15, 0.2) is 0 Å². The van der Waals surface area contributed by atoms with Crippen LogP contribution in [-0.4, -0.2) is 34.0 Å². The first kappa shape index (κ1) is 19.7. The number of rotatable bonds is 3. The lowest BCUT2D eigenvalue weighted by Gasteiger charge is -2.22. The van der Waals surface area contributed by atoms with E-state index in [0.29, 0.717) is 0 Å². The highest BCUT2D eigenvalue weighted by molar-refractivity contribution is 6.43. The Morgan fingerprint density at radius 3 is 2.67 bits per heavy atom. The van der Waals surface area contributed by atoms with Crippen LogP contribution in [0.4, 0.5) is 18.9 Å². The zero-order valence-electron chi connectivity index (χ0n) is 15.8. The first-order valence-corrected chi connectivity index (χ1v) is 9.13. The van der Waals surface area contributed by atoms with Gasteiger partial charge in [0.05, 0.1) is 11.6 Å². The van der Waals surface area contributed by atoms with Gasteiger partial charge in [-0.25, -0.2) is 4.99 Å². The number of aliphatic imine (C=N–C) groups is 2. The number of carbonyl (C=O) groups excluding carboxylic acids is 1. The highest BCUT2D eigenvalue weighted by atomic mass is 19.4. The predicted molar refractivity (Wildman–Crippen MR) is 108 cm³/mol. The van der Waals surface area contributed by atoms with Gasteiger partial charge < -0.3 is 5.32 Å². The number of anilines is 1. The minimum Gasteiger partial charge on any atom is -0.319 e. The van der Waals surface area contributed by atoms with Gasteiger partial charge in [0, 0.05) is 35.6 Å². The van der Waals surface area contributed by atoms with E-state index in [1.165, 1.54) is 6.07 Å². The Hall–Kier alpha value is -3.62. The van der Waals surface area contributed by atoms with Crippen LogP contribution in [0.5, 0.6) is 0 Å². The molecule has 1 amide bonds. The van der Waals surface area contributed by atoms with Gasteiger partial charge in [0.1, 0.15) is 5.69 Å². The number of halogens is 3. The molecule has 1 aliphatic rings. The average molecular weight is 411 g/mol. The Balaban J connectivity index is 1.54. The first-order chi connectivity index (χ1) is 14.3. The number of amidine groups is 1. The fourth-order valence-electron chi connectivity index (χ4n) is 3.31. The standard InChI is InChI=1S/C21H16F3N5O/c1-12-16(14-4-2-6-17-15(14)5-3-8-25-17)11-27-19(28-12)20(30)29-13-7-9-26-18(10-13)21(22,23)24/h2-12,16H,1H3,(H,26,29,30). The van der Waals surface area contributed by atoms with Crippen molar-refractivity contribution in [1.82, 2.24) is 9.97 Å². The maximum atomic E-state index is 12.8. The highest BCUT2D eigenvalue weighted by Crippen LogP contribution is 2.30. The second-order valence-electron chi connectivity index (χ2n) is 6.80. The van der Waals surface area contributed by atoms with Crippen LogP contribution in [0.3, 0.4) is 0 Å². The molecule has 0 radical (unpaired) electrons. The molecule has 3 aromatic rings. The third-order valence-electron chi connectivity index (χ3n) is 4.75. The van der Waals surface area contributed by atoms with Crippen molar-refractivity contribution in [3.63, 3.8) is 0 Å². The molecule has 1 aliphatic heterocycles. The summed E-state index contributed by atoms with van der Waals surface area (Å²) in [4.78, 5) is 28.6. The minimum absolute atomic E-state index is 0.0323. The molecule has 3 heterocycles. The number of aromatic nitrogens is 2. The molecule has 0 saturated carbocycles. The molecule has 4 rings (SSSR count). The summed E-state index contributed by atoms with van der Waals surface area (Å²) in [5, 5.41) is 3.37. The molecule has 1 N–H and O–H groups in total. The molecule has 2 aromatic heterocycles. The summed E-state index contributed by atoms with van der Waals surface area (Å²) < 4.78 is 38.4. The molecule has 2 atom stereocenters. The topological polar surface area (TPSA) is 79.6 Å². The lowest BCUT2D eigenvalue weighted by molar-refractivity contribution is -0.141. The van der Waals surface area contributed by atoms with Crippen molar-refractivity contribution in [2.24, 2.45) is 9.98 Å². The SMILES string of the molecule is CC1N=C(C(=O)Nc2ccnc(C(F)(F)F)c2)N=CC1c1cccc2ncccc12. The molecule has 2 unspecified atom stereocenters. The Kier molecular flexibility index (Phi) is 5.03. The van der Waals surface area contributed by atoms with E-state index in [9.17, 15) is 18.0 Å². The number of nitrogens with zero attached hydrogens (tertiary/aromatic N) is 4. The second-order valence-corrected chi connectivity index (χ2v) is 6.80. The quantitative estimate of drug-likeness (QED) is 0.700. The van der Waals surface area contributed by atoms with E-state index in [2.05, 4.69) is 25.3 Å². The Morgan fingerprint density at radius 2 is 1.90 bits per heavy atom. The van der Waals surface area contributed by atoms with Crippen molar-refractivity contribution >= 4 is 34.5 Å². The number of hydrogen-bond donors (Lipinski definition) is 1. The Morgan fingerprint density at radius 1 is 1.07 bits per heavy atom. The van der Waals surface area contributed by atoms with Gasteiger partial charge in [0.25, 0.3) is 5.91 Å². The summed E-state index contributed by atoms with van der Waals surface area (Å²) in [6, 6.07) is 11.3. The monoisotopic (exact) mass is 411 g/mol. The zero-order valence-corrected chi connectivity index (χ0v) is 15.8. The number of carbonyl (C=O) groups is 1. The van der Waals surface area contributed by atoms with E-state index in [0.717, 1.165) is 28.7 Å². The number of pyridine rings is 2. The van der Waals surface area contributed by atoms with E-state index < -0.39 is 17.8 Å². The number of amides is 1. The summed E-state index contributed by atoms with van der Waals surface area (Å²) in [5.41, 5.74) is 0.716. The summed E-state index contributed by atoms with van der Waals surface area (Å²) >= 11 is 0. The Bertz CT molecular complexity index is 1170. The molecule has 0 fully saturated rings. The van der Waals surface area contributed by atoms with Crippen LogP contribution >= 0.6 is 0 Å². The zero-order chi connectivity index (χ0) is 21.3. The summed E-state index contributed by atoms with van der Waals surface area (Å²) in [6.45, 7) is 1.85. The van der Waals surface area contributed by atoms with Crippen molar-refractivity contribution in [3.8, 4) is 0 Å². The van der Waals surface area contributed by atoms with Gasteiger partial charge in [-0.15, -0.1) is 0 Å². The lowest BCUT2D eigenvalue weighted by atomic mass is 9.90. The number of benzene rings is 1. The van der Waals surface area contributed by atoms with E-state index in [1.807, 2.05) is 37.3 Å². The van der Waals surface area contributed by atoms with E-state index >= 15 is 0 Å². The van der Waals surface area contributed by atoms with Crippen molar-refractivity contribution in [1.29, 1.82) is 0 Å². The predicted octanol–water partition coefficient (Wildman–Crippen LogP) is 4.24. The summed E-state index contributed by atoms with van der Waals surface area (Å²) in [7, 11) is 0. The molecule has 9 heteroatoms. The number of hydrogen-bond acceptors (Lipinski definition) is 5. The molecule has 1 aromatic carbocycles. The average Bonchev–Trinajstić information content (AvgIpc) is 2.73. The van der Waals surface area contributed by atoms with Crippen molar-refractivity contribution < 1.29 is 18.0 Å². The maximum absolute atomic E-state index is 12.8. The van der Waals surface area contributed by atoms with Crippen molar-refractivity contribution in [2.75, 3.05) is 5.32 Å². The van der Waals surface area contributed by atoms with Crippen LogP contribution < -0.4 is 5.32 Å². The van der Waals surface area contributed by atoms with Crippen LogP contribution in [-0.2, 0) is 11.0 Å². The molecule has 30 heavy (non-hydrogen) atoms. The molecule has 0 spiro atoms. The number of nitrogens with one attached hydrogen (secondary N) is 1. The summed E-state index contributed by atoms with van der Waals surface area (Å²) in [5.74, 6) is -0.940. The molecule has 152 valence electrons. The molecular weight excluding hydrogens is 395 g/mol. The Labute approximate surface area is 169 Å². The smallest absolute Gasteiger partial charge is 0.319 e. The summed E-state index contributed by atoms with van der Waals surface area (Å²) in [6.07, 6.45) is -0.260. The molecule has 0 saturated heterocycles.